The highest BCUT2D eigenvalue weighted by Gasteiger charge is 2.26. The molecule has 5 heteroatoms. The number of hydrogen-bond donors (Lipinski definition) is 3. The fourth-order valence-electron chi connectivity index (χ4n) is 1.44. The summed E-state index contributed by atoms with van der Waals surface area (Å²) >= 11 is 0. The van der Waals surface area contributed by atoms with Gasteiger partial charge in [-0.3, -0.25) is 0 Å². The predicted octanol–water partition coefficient (Wildman–Crippen LogP) is 1.17. The van der Waals surface area contributed by atoms with Gasteiger partial charge in [-0.05, 0) is 32.0 Å². The Hall–Kier alpha value is -1.75. The van der Waals surface area contributed by atoms with E-state index in [1.165, 1.54) is 6.07 Å². The number of anilines is 2. The van der Waals surface area contributed by atoms with E-state index in [0.717, 1.165) is 0 Å². The monoisotopic (exact) mass is 238 g/mol. The predicted molar refractivity (Wildman–Crippen MR) is 67.4 cm³/mol. The van der Waals surface area contributed by atoms with E-state index >= 15 is 0 Å². The summed E-state index contributed by atoms with van der Waals surface area (Å²) in [5.41, 5.74) is 6.27. The van der Waals surface area contributed by atoms with Crippen molar-refractivity contribution in [3.63, 3.8) is 0 Å². The molecule has 0 aliphatic rings. The number of aliphatic hydroxyl groups is 1. The normalized spacial score (nSPS) is 11.3. The number of carboxylic acid groups (broad SMARTS) is 1. The number of nitrogens with two attached hydrogens (primary N) is 1. The van der Waals surface area contributed by atoms with Crippen molar-refractivity contribution < 1.29 is 15.0 Å². The van der Waals surface area contributed by atoms with Gasteiger partial charge in [0.1, 0.15) is 0 Å². The van der Waals surface area contributed by atoms with Crippen molar-refractivity contribution in [2.45, 2.75) is 19.4 Å². The number of carbonyl (C=O) groups is 1. The van der Waals surface area contributed by atoms with Crippen molar-refractivity contribution in [2.24, 2.45) is 0 Å². The topological polar surface area (TPSA) is 86.8 Å². The Kier molecular flexibility index (Phi) is 3.63. The first-order valence-electron chi connectivity index (χ1n) is 5.27. The smallest absolute Gasteiger partial charge is 0.337 e. The second kappa shape index (κ2) is 4.63. The largest absolute Gasteiger partial charge is 0.478 e. The number of carboxylic acids is 1. The third kappa shape index (κ3) is 2.68. The summed E-state index contributed by atoms with van der Waals surface area (Å²) in [5, 5.41) is 18.4. The Morgan fingerprint density at radius 1 is 1.47 bits per heavy atom. The van der Waals surface area contributed by atoms with Crippen LogP contribution in [0.25, 0.3) is 0 Å². The molecule has 0 spiro atoms. The molecule has 94 valence electrons. The van der Waals surface area contributed by atoms with Crippen LogP contribution in [0.1, 0.15) is 24.2 Å². The Balaban J connectivity index is 3.29. The molecule has 1 aromatic carbocycles. The van der Waals surface area contributed by atoms with Gasteiger partial charge in [0.05, 0.1) is 23.4 Å². The molecule has 0 fully saturated rings. The van der Waals surface area contributed by atoms with Gasteiger partial charge in [0.15, 0.2) is 0 Å². The minimum Gasteiger partial charge on any atom is -0.478 e. The molecule has 1 aromatic rings. The molecule has 4 N–H and O–H groups in total. The van der Waals surface area contributed by atoms with Crippen LogP contribution in [-0.4, -0.2) is 35.4 Å². The molecule has 0 saturated heterocycles. The van der Waals surface area contributed by atoms with Crippen LogP contribution in [0.3, 0.4) is 0 Å². The molecule has 0 aliphatic heterocycles. The van der Waals surface area contributed by atoms with Crippen molar-refractivity contribution >= 4 is 17.3 Å². The minimum atomic E-state index is -1.01. The van der Waals surface area contributed by atoms with Crippen molar-refractivity contribution in [1.82, 2.24) is 0 Å². The van der Waals surface area contributed by atoms with Gasteiger partial charge in [-0.25, -0.2) is 4.79 Å². The van der Waals surface area contributed by atoms with Gasteiger partial charge < -0.3 is 20.8 Å². The van der Waals surface area contributed by atoms with Crippen LogP contribution in [0, 0.1) is 0 Å². The molecule has 17 heavy (non-hydrogen) atoms. The fourth-order valence-corrected chi connectivity index (χ4v) is 1.44. The van der Waals surface area contributed by atoms with Gasteiger partial charge in [-0.1, -0.05) is 0 Å². The molecule has 0 heterocycles. The summed E-state index contributed by atoms with van der Waals surface area (Å²) in [6.07, 6.45) is 0. The molecule has 0 radical (unpaired) electrons. The van der Waals surface area contributed by atoms with E-state index in [9.17, 15) is 9.90 Å². The van der Waals surface area contributed by atoms with Crippen LogP contribution in [0.2, 0.25) is 0 Å². The summed E-state index contributed by atoms with van der Waals surface area (Å²) in [6.45, 7) is 3.56. The number of nitrogens with zero attached hydrogens (tertiary/aromatic N) is 1. The van der Waals surface area contributed by atoms with E-state index in [1.807, 2.05) is 13.8 Å². The third-order valence-electron chi connectivity index (χ3n) is 2.91. The van der Waals surface area contributed by atoms with E-state index in [2.05, 4.69) is 0 Å². The number of aliphatic hydroxyl groups excluding tert-OH is 1. The number of likely N-dealkylation sites (N-methyl/N-ethyl adjacent to an activating group) is 1. The summed E-state index contributed by atoms with van der Waals surface area (Å²) in [7, 11) is 1.73. The zero-order valence-corrected chi connectivity index (χ0v) is 10.3. The van der Waals surface area contributed by atoms with Crippen LogP contribution in [-0.2, 0) is 0 Å². The first-order chi connectivity index (χ1) is 7.79. The van der Waals surface area contributed by atoms with Crippen LogP contribution in [0.5, 0.6) is 0 Å². The zero-order valence-electron chi connectivity index (χ0n) is 10.3. The summed E-state index contributed by atoms with van der Waals surface area (Å²) in [6, 6.07) is 4.62. The Bertz CT molecular complexity index is 430. The minimum absolute atomic E-state index is 0.0860. The lowest BCUT2D eigenvalue weighted by Crippen LogP contribution is -2.45. The van der Waals surface area contributed by atoms with Gasteiger partial charge in [-0.2, -0.15) is 0 Å². The lowest BCUT2D eigenvalue weighted by atomic mass is 10.0. The van der Waals surface area contributed by atoms with Crippen LogP contribution >= 0.6 is 0 Å². The molecule has 0 amide bonds. The Morgan fingerprint density at radius 2 is 2.06 bits per heavy atom. The highest BCUT2D eigenvalue weighted by molar-refractivity contribution is 5.95. The van der Waals surface area contributed by atoms with E-state index < -0.39 is 11.5 Å². The molecule has 0 bridgehead atoms. The van der Waals surface area contributed by atoms with Crippen LogP contribution in [0.4, 0.5) is 11.4 Å². The number of aromatic carboxylic acids is 1. The van der Waals surface area contributed by atoms with Crippen molar-refractivity contribution in [2.75, 3.05) is 24.3 Å². The quantitative estimate of drug-likeness (QED) is 0.685. The second-order valence-electron chi connectivity index (χ2n) is 4.61. The van der Waals surface area contributed by atoms with Crippen molar-refractivity contribution in [3.8, 4) is 0 Å². The number of benzene rings is 1. The number of hydrogen-bond acceptors (Lipinski definition) is 4. The van der Waals surface area contributed by atoms with Gasteiger partial charge in [0.2, 0.25) is 0 Å². The standard InChI is InChI=1S/C12H18N2O3/c1-12(2,7-15)14(3)10-6-8(13)4-5-9(10)11(16)17/h4-6,15H,7,13H2,1-3H3,(H,16,17). The van der Waals surface area contributed by atoms with Gasteiger partial charge in [0, 0.05) is 12.7 Å². The Labute approximate surface area is 100 Å². The molecule has 0 atom stereocenters. The zero-order chi connectivity index (χ0) is 13.2. The van der Waals surface area contributed by atoms with E-state index in [4.69, 9.17) is 10.8 Å². The molecular weight excluding hydrogens is 220 g/mol. The third-order valence-corrected chi connectivity index (χ3v) is 2.91. The number of nitrogen functional groups attached to an aromatic ring is 1. The summed E-state index contributed by atoms with van der Waals surface area (Å²) < 4.78 is 0. The van der Waals surface area contributed by atoms with Gasteiger partial charge in [-0.15, -0.1) is 0 Å². The maximum atomic E-state index is 11.1. The van der Waals surface area contributed by atoms with E-state index in [1.54, 1.807) is 24.1 Å². The highest BCUT2D eigenvalue weighted by atomic mass is 16.4. The van der Waals surface area contributed by atoms with Gasteiger partial charge >= 0.3 is 5.97 Å². The molecule has 0 saturated carbocycles. The van der Waals surface area contributed by atoms with Crippen LogP contribution < -0.4 is 10.6 Å². The summed E-state index contributed by atoms with van der Waals surface area (Å²) in [5.74, 6) is -1.01. The van der Waals surface area contributed by atoms with Crippen molar-refractivity contribution in [1.29, 1.82) is 0 Å². The first kappa shape index (κ1) is 13.3. The lowest BCUT2D eigenvalue weighted by Gasteiger charge is -2.36. The maximum absolute atomic E-state index is 11.1. The molecule has 0 aromatic heterocycles. The second-order valence-corrected chi connectivity index (χ2v) is 4.61. The SMILES string of the molecule is CN(c1cc(N)ccc1C(=O)O)C(C)(C)CO. The lowest BCUT2D eigenvalue weighted by molar-refractivity contribution is 0.0697. The van der Waals surface area contributed by atoms with E-state index in [-0.39, 0.29) is 12.2 Å². The molecule has 0 aliphatic carbocycles. The average molecular weight is 238 g/mol. The molecule has 5 nitrogen and oxygen atoms in total. The Morgan fingerprint density at radius 3 is 2.53 bits per heavy atom. The maximum Gasteiger partial charge on any atom is 0.337 e. The van der Waals surface area contributed by atoms with Crippen LogP contribution in [0.15, 0.2) is 18.2 Å². The molecular formula is C12H18N2O3. The first-order valence-corrected chi connectivity index (χ1v) is 5.27. The van der Waals surface area contributed by atoms with E-state index in [0.29, 0.717) is 11.4 Å². The highest BCUT2D eigenvalue weighted by Crippen LogP contribution is 2.28. The fraction of sp³-hybridized carbons (Fsp3) is 0.417. The molecule has 0 unspecified atom stereocenters. The summed E-state index contributed by atoms with van der Waals surface area (Å²) in [4.78, 5) is 12.8. The average Bonchev–Trinajstić information content (AvgIpc) is 2.27. The molecule has 1 rings (SSSR count). The van der Waals surface area contributed by atoms with Gasteiger partial charge in [0.25, 0.3) is 0 Å². The van der Waals surface area contributed by atoms with Crippen molar-refractivity contribution in [3.05, 3.63) is 23.8 Å². The number of rotatable bonds is 4.